The van der Waals surface area contributed by atoms with E-state index in [2.05, 4.69) is 9.63 Å². The molecular formula is C13H13N3O3S. The Morgan fingerprint density at radius 2 is 1.90 bits per heavy atom. The molecule has 0 saturated carbocycles. The fourth-order valence-electron chi connectivity index (χ4n) is 1.45. The maximum atomic E-state index is 11.9. The second-order valence-corrected chi connectivity index (χ2v) is 5.67. The van der Waals surface area contributed by atoms with Crippen LogP contribution >= 0.6 is 0 Å². The van der Waals surface area contributed by atoms with Crippen LogP contribution in [0.4, 0.5) is 0 Å². The molecule has 0 aromatic heterocycles. The van der Waals surface area contributed by atoms with Gasteiger partial charge in [0.1, 0.15) is 0 Å². The Kier molecular flexibility index (Phi) is 4.11. The summed E-state index contributed by atoms with van der Waals surface area (Å²) in [6.07, 6.45) is 7.43. The van der Waals surface area contributed by atoms with E-state index in [-0.39, 0.29) is 4.90 Å². The van der Waals surface area contributed by atoms with E-state index < -0.39 is 10.0 Å². The van der Waals surface area contributed by atoms with Crippen molar-refractivity contribution in [1.29, 1.82) is 0 Å². The molecule has 0 atom stereocenters. The average Bonchev–Trinajstić information content (AvgIpc) is 2.41. The Hall–Kier alpha value is -2.25. The van der Waals surface area contributed by atoms with Crippen molar-refractivity contribution in [2.24, 2.45) is 9.63 Å². The van der Waals surface area contributed by atoms with Gasteiger partial charge < -0.3 is 0 Å². The molecule has 0 aliphatic carbocycles. The summed E-state index contributed by atoms with van der Waals surface area (Å²) in [6.45, 7) is 1.86. The lowest BCUT2D eigenvalue weighted by atomic mass is 10.2. The number of aryl methyl sites for hydroxylation is 1. The van der Waals surface area contributed by atoms with Gasteiger partial charge in [0.25, 0.3) is 10.0 Å². The van der Waals surface area contributed by atoms with E-state index in [1.807, 2.05) is 6.92 Å². The van der Waals surface area contributed by atoms with E-state index in [0.717, 1.165) is 16.8 Å². The summed E-state index contributed by atoms with van der Waals surface area (Å²) < 4.78 is 27.0. The highest BCUT2D eigenvalue weighted by atomic mass is 32.2. The fourth-order valence-corrected chi connectivity index (χ4v) is 2.20. The molecule has 20 heavy (non-hydrogen) atoms. The normalized spacial score (nSPS) is 17.3. The summed E-state index contributed by atoms with van der Waals surface area (Å²) in [5.41, 5.74) is 1.27. The van der Waals surface area contributed by atoms with Crippen molar-refractivity contribution < 1.29 is 13.6 Å². The SMILES string of the molecule is Cc1ccc(S(=O)(=O)N=N/C=C2/C=CC=CN2O)cc1. The number of hydroxylamine groups is 2. The standard InChI is InChI=1S/C13H13N3O3S/c1-11-5-7-13(8-6-11)20(18,19)15-14-10-12-4-2-3-9-16(12)17/h2-10,17H,1H3/b12-10-,15-14?. The van der Waals surface area contributed by atoms with Crippen LogP contribution in [0.15, 0.2) is 75.1 Å². The quantitative estimate of drug-likeness (QED) is 0.868. The first kappa shape index (κ1) is 14.2. The highest BCUT2D eigenvalue weighted by Gasteiger charge is 2.12. The maximum Gasteiger partial charge on any atom is 0.299 e. The summed E-state index contributed by atoms with van der Waals surface area (Å²) in [5, 5.41) is 13.7. The van der Waals surface area contributed by atoms with E-state index >= 15 is 0 Å². The molecule has 0 spiro atoms. The van der Waals surface area contributed by atoms with Crippen molar-refractivity contribution in [3.8, 4) is 0 Å². The van der Waals surface area contributed by atoms with Gasteiger partial charge in [-0.3, -0.25) is 5.21 Å². The van der Waals surface area contributed by atoms with Crippen LogP contribution < -0.4 is 0 Å². The van der Waals surface area contributed by atoms with Gasteiger partial charge in [-0.1, -0.05) is 28.3 Å². The predicted octanol–water partition coefficient (Wildman–Crippen LogP) is 2.75. The fraction of sp³-hybridized carbons (Fsp3) is 0.0769. The van der Waals surface area contributed by atoms with Crippen molar-refractivity contribution in [1.82, 2.24) is 5.06 Å². The molecule has 0 radical (unpaired) electrons. The smallest absolute Gasteiger partial charge is 0.284 e. The van der Waals surface area contributed by atoms with Gasteiger partial charge in [0, 0.05) is 6.20 Å². The third kappa shape index (κ3) is 3.40. The van der Waals surface area contributed by atoms with Crippen molar-refractivity contribution in [3.05, 3.63) is 66.2 Å². The van der Waals surface area contributed by atoms with Crippen LogP contribution in [0, 0.1) is 6.92 Å². The first-order chi connectivity index (χ1) is 9.49. The van der Waals surface area contributed by atoms with E-state index in [1.54, 1.807) is 30.4 Å². The Bertz CT molecular complexity index is 701. The van der Waals surface area contributed by atoms with Gasteiger partial charge in [-0.2, -0.15) is 8.42 Å². The van der Waals surface area contributed by atoms with E-state index in [4.69, 9.17) is 0 Å². The molecule has 2 rings (SSSR count). The largest absolute Gasteiger partial charge is 0.299 e. The molecule has 0 saturated heterocycles. The van der Waals surface area contributed by atoms with E-state index in [0.29, 0.717) is 5.70 Å². The molecule has 0 fully saturated rings. The molecular weight excluding hydrogens is 278 g/mol. The third-order valence-electron chi connectivity index (χ3n) is 2.53. The Labute approximate surface area is 117 Å². The van der Waals surface area contributed by atoms with E-state index in [9.17, 15) is 13.6 Å². The number of allylic oxidation sites excluding steroid dienone is 3. The Morgan fingerprint density at radius 1 is 1.20 bits per heavy atom. The number of sulfonamides is 1. The van der Waals surface area contributed by atoms with Crippen LogP contribution in [-0.4, -0.2) is 18.7 Å². The highest BCUT2D eigenvalue weighted by molar-refractivity contribution is 7.90. The van der Waals surface area contributed by atoms with Gasteiger partial charge in [0.05, 0.1) is 16.8 Å². The molecule has 1 aromatic carbocycles. The summed E-state index contributed by atoms with van der Waals surface area (Å²) in [7, 11) is -3.82. The van der Waals surface area contributed by atoms with Crippen molar-refractivity contribution in [2.75, 3.05) is 0 Å². The van der Waals surface area contributed by atoms with Crippen molar-refractivity contribution in [3.63, 3.8) is 0 Å². The van der Waals surface area contributed by atoms with Gasteiger partial charge >= 0.3 is 0 Å². The number of hydrogen-bond acceptors (Lipinski definition) is 5. The van der Waals surface area contributed by atoms with Crippen LogP contribution in [0.2, 0.25) is 0 Å². The third-order valence-corrected chi connectivity index (χ3v) is 3.71. The molecule has 1 N–H and O–H groups in total. The lowest BCUT2D eigenvalue weighted by molar-refractivity contribution is -0.000512. The molecule has 0 unspecified atom stereocenters. The number of benzene rings is 1. The van der Waals surface area contributed by atoms with Gasteiger partial charge in [-0.05, 0) is 31.2 Å². The highest BCUT2D eigenvalue weighted by Crippen LogP contribution is 2.14. The summed E-state index contributed by atoms with van der Waals surface area (Å²) in [6, 6.07) is 6.31. The van der Waals surface area contributed by atoms with Gasteiger partial charge in [0.2, 0.25) is 0 Å². The topological polar surface area (TPSA) is 82.3 Å². The minimum absolute atomic E-state index is 0.0742. The van der Waals surface area contributed by atoms with Gasteiger partial charge in [0.15, 0.2) is 0 Å². The lowest BCUT2D eigenvalue weighted by Gasteiger charge is -2.13. The van der Waals surface area contributed by atoms with Crippen molar-refractivity contribution >= 4 is 10.0 Å². The molecule has 0 amide bonds. The average molecular weight is 291 g/mol. The monoisotopic (exact) mass is 291 g/mol. The Balaban J connectivity index is 2.18. The zero-order valence-corrected chi connectivity index (χ0v) is 11.5. The first-order valence-corrected chi connectivity index (χ1v) is 7.20. The summed E-state index contributed by atoms with van der Waals surface area (Å²) >= 11 is 0. The second kappa shape index (κ2) is 5.81. The van der Waals surface area contributed by atoms with Crippen LogP contribution in [0.1, 0.15) is 5.56 Å². The molecule has 1 aliphatic heterocycles. The predicted molar refractivity (Wildman–Crippen MR) is 73.2 cm³/mol. The Morgan fingerprint density at radius 3 is 2.55 bits per heavy atom. The lowest BCUT2D eigenvalue weighted by Crippen LogP contribution is -2.10. The second-order valence-electron chi connectivity index (χ2n) is 4.08. The number of rotatable bonds is 3. The first-order valence-electron chi connectivity index (χ1n) is 5.76. The van der Waals surface area contributed by atoms with Crippen LogP contribution in [0.3, 0.4) is 0 Å². The van der Waals surface area contributed by atoms with Crippen LogP contribution in [-0.2, 0) is 10.0 Å². The van der Waals surface area contributed by atoms with E-state index in [1.165, 1.54) is 18.3 Å². The molecule has 6 nitrogen and oxygen atoms in total. The zero-order valence-electron chi connectivity index (χ0n) is 10.7. The minimum Gasteiger partial charge on any atom is -0.284 e. The molecule has 104 valence electrons. The number of nitrogens with zero attached hydrogens (tertiary/aromatic N) is 3. The molecule has 0 bridgehead atoms. The molecule has 1 heterocycles. The van der Waals surface area contributed by atoms with Crippen LogP contribution in [0.25, 0.3) is 0 Å². The molecule has 1 aromatic rings. The summed E-state index contributed by atoms with van der Waals surface area (Å²) in [4.78, 5) is 0.0742. The van der Waals surface area contributed by atoms with Crippen LogP contribution in [0.5, 0.6) is 0 Å². The molecule has 7 heteroatoms. The minimum atomic E-state index is -3.82. The maximum absolute atomic E-state index is 11.9. The van der Waals surface area contributed by atoms with Gasteiger partial charge in [-0.15, -0.1) is 5.11 Å². The van der Waals surface area contributed by atoms with Gasteiger partial charge in [-0.25, -0.2) is 5.06 Å². The number of hydrogen-bond donors (Lipinski definition) is 1. The van der Waals surface area contributed by atoms with Crippen molar-refractivity contribution in [2.45, 2.75) is 11.8 Å². The zero-order chi connectivity index (χ0) is 14.6. The molecule has 1 aliphatic rings. The summed E-state index contributed by atoms with van der Waals surface area (Å²) in [5.74, 6) is 0.